The lowest BCUT2D eigenvalue weighted by molar-refractivity contribution is -0.384. The second-order valence-electron chi connectivity index (χ2n) is 6.04. The molecule has 2 aromatic carbocycles. The van der Waals surface area contributed by atoms with Crippen LogP contribution in [0.2, 0.25) is 5.02 Å². The minimum Gasteiger partial charge on any atom is -0.366 e. The van der Waals surface area contributed by atoms with Gasteiger partial charge in [-0.2, -0.15) is 0 Å². The normalized spacial score (nSPS) is 13.3. The van der Waals surface area contributed by atoms with Gasteiger partial charge in [0.2, 0.25) is 0 Å². The Morgan fingerprint density at radius 2 is 1.89 bits per heavy atom. The fourth-order valence-corrected chi connectivity index (χ4v) is 3.31. The molecule has 0 radical (unpaired) electrons. The van der Waals surface area contributed by atoms with Crippen LogP contribution in [0.3, 0.4) is 0 Å². The molecular weight excluding hydrogens is 388 g/mol. The first kappa shape index (κ1) is 19.1. The zero-order valence-electron chi connectivity index (χ0n) is 14.3. The summed E-state index contributed by atoms with van der Waals surface area (Å²) in [5.74, 6) is -0.532. The van der Waals surface area contributed by atoms with Crippen LogP contribution in [0.15, 0.2) is 42.5 Å². The van der Waals surface area contributed by atoms with E-state index in [9.17, 15) is 14.9 Å². The average Bonchev–Trinajstić information content (AvgIpc) is 3.17. The van der Waals surface area contributed by atoms with Crippen LogP contribution in [0.4, 0.5) is 17.1 Å². The summed E-state index contributed by atoms with van der Waals surface area (Å²) < 4.78 is 0. The smallest absolute Gasteiger partial charge is 0.293 e. The molecule has 9 heteroatoms. The van der Waals surface area contributed by atoms with Gasteiger partial charge in [-0.05, 0) is 49.3 Å². The summed E-state index contributed by atoms with van der Waals surface area (Å²) in [5, 5.41) is 17.3. The number of anilines is 2. The fourth-order valence-electron chi connectivity index (χ4n) is 2.93. The van der Waals surface area contributed by atoms with E-state index in [0.29, 0.717) is 16.4 Å². The molecule has 7 nitrogen and oxygen atoms in total. The Kier molecular flexibility index (Phi) is 5.88. The lowest BCUT2D eigenvalue weighted by Crippen LogP contribution is -2.34. The van der Waals surface area contributed by atoms with Gasteiger partial charge in [-0.3, -0.25) is 20.2 Å². The molecule has 1 aliphatic heterocycles. The molecule has 0 unspecified atom stereocenters. The average molecular weight is 405 g/mol. The molecule has 1 heterocycles. The molecule has 0 bridgehead atoms. The lowest BCUT2D eigenvalue weighted by Gasteiger charge is -2.18. The van der Waals surface area contributed by atoms with E-state index in [2.05, 4.69) is 10.6 Å². The number of halogens is 1. The number of thiocarbonyl (C=S) groups is 1. The van der Waals surface area contributed by atoms with Crippen LogP contribution < -0.4 is 15.5 Å². The number of nitrogens with one attached hydrogen (secondary N) is 2. The van der Waals surface area contributed by atoms with Crippen molar-refractivity contribution in [1.82, 2.24) is 5.32 Å². The second kappa shape index (κ2) is 8.32. The zero-order chi connectivity index (χ0) is 19.4. The fraction of sp³-hybridized carbons (Fsp3) is 0.222. The molecule has 3 rings (SSSR count). The summed E-state index contributed by atoms with van der Waals surface area (Å²) in [6.07, 6.45) is 2.00. The van der Waals surface area contributed by atoms with Gasteiger partial charge in [0.25, 0.3) is 11.6 Å². The summed E-state index contributed by atoms with van der Waals surface area (Å²) in [6, 6.07) is 11.4. The number of carbonyl (C=O) groups is 1. The topological polar surface area (TPSA) is 87.5 Å². The highest BCUT2D eigenvalue weighted by Crippen LogP contribution is 2.31. The first-order chi connectivity index (χ1) is 13.0. The van der Waals surface area contributed by atoms with Crippen LogP contribution in [0.1, 0.15) is 23.2 Å². The van der Waals surface area contributed by atoms with E-state index in [1.54, 1.807) is 36.4 Å². The first-order valence-corrected chi connectivity index (χ1v) is 9.14. The Hall–Kier alpha value is -2.71. The third-order valence-corrected chi connectivity index (χ3v) is 4.76. The molecule has 1 fully saturated rings. The number of para-hydroxylation sites is 1. The van der Waals surface area contributed by atoms with E-state index >= 15 is 0 Å². The number of hydrogen-bond donors (Lipinski definition) is 2. The summed E-state index contributed by atoms with van der Waals surface area (Å²) in [7, 11) is 0. The van der Waals surface area contributed by atoms with Gasteiger partial charge in [-0.25, -0.2) is 0 Å². The molecule has 2 aromatic rings. The van der Waals surface area contributed by atoms with Crippen molar-refractivity contribution >= 4 is 51.9 Å². The Balaban J connectivity index is 1.74. The van der Waals surface area contributed by atoms with Crippen LogP contribution in [0.25, 0.3) is 0 Å². The van der Waals surface area contributed by atoms with Gasteiger partial charge >= 0.3 is 0 Å². The van der Waals surface area contributed by atoms with Gasteiger partial charge in [-0.1, -0.05) is 23.7 Å². The molecule has 1 aliphatic rings. The van der Waals surface area contributed by atoms with E-state index < -0.39 is 10.8 Å². The van der Waals surface area contributed by atoms with Crippen molar-refractivity contribution in [3.05, 3.63) is 63.2 Å². The number of carbonyl (C=O) groups excluding carboxylic acids is 1. The highest BCUT2D eigenvalue weighted by atomic mass is 35.5. The van der Waals surface area contributed by atoms with Crippen molar-refractivity contribution in [2.24, 2.45) is 0 Å². The van der Waals surface area contributed by atoms with Gasteiger partial charge in [0, 0.05) is 24.7 Å². The molecule has 1 saturated heterocycles. The predicted molar refractivity (Wildman–Crippen MR) is 110 cm³/mol. The molecule has 0 aliphatic carbocycles. The number of benzene rings is 2. The van der Waals surface area contributed by atoms with E-state index in [4.69, 9.17) is 23.8 Å². The molecule has 0 atom stereocenters. The lowest BCUT2D eigenvalue weighted by atomic mass is 10.1. The van der Waals surface area contributed by atoms with Gasteiger partial charge in [-0.15, -0.1) is 0 Å². The second-order valence-corrected chi connectivity index (χ2v) is 6.86. The Morgan fingerprint density at radius 1 is 1.19 bits per heavy atom. The number of nitrogens with zero attached hydrogens (tertiary/aromatic N) is 2. The summed E-state index contributed by atoms with van der Waals surface area (Å²) >= 11 is 11.2. The van der Waals surface area contributed by atoms with Crippen LogP contribution in [-0.2, 0) is 0 Å². The van der Waals surface area contributed by atoms with Crippen LogP contribution >= 0.6 is 23.8 Å². The van der Waals surface area contributed by atoms with Crippen molar-refractivity contribution in [3.63, 3.8) is 0 Å². The first-order valence-electron chi connectivity index (χ1n) is 8.36. The standard InChI is InChI=1S/C18H17ClN4O3S/c19-13-5-1-2-6-14(13)20-18(27)21-17(24)12-7-8-15(16(11-12)23(25)26)22-9-3-4-10-22/h1-2,5-8,11H,3-4,9-10H2,(H2,20,21,24,27). The maximum atomic E-state index is 12.4. The molecule has 0 aromatic heterocycles. The minimum atomic E-state index is -0.532. The number of rotatable bonds is 4. The predicted octanol–water partition coefficient (Wildman–Crippen LogP) is 3.98. The third-order valence-electron chi connectivity index (χ3n) is 4.23. The van der Waals surface area contributed by atoms with Crippen molar-refractivity contribution in [2.45, 2.75) is 12.8 Å². The molecule has 0 spiro atoms. The quantitative estimate of drug-likeness (QED) is 0.455. The SMILES string of the molecule is O=C(NC(=S)Nc1ccccc1Cl)c1ccc(N2CCCC2)c([N+](=O)[O-])c1. The Morgan fingerprint density at radius 3 is 2.56 bits per heavy atom. The summed E-state index contributed by atoms with van der Waals surface area (Å²) in [5.41, 5.74) is 1.16. The highest BCUT2D eigenvalue weighted by Gasteiger charge is 2.24. The maximum absolute atomic E-state index is 12.4. The van der Waals surface area contributed by atoms with E-state index in [1.807, 2.05) is 4.90 Å². The molecule has 27 heavy (non-hydrogen) atoms. The Labute approximate surface area is 166 Å². The number of nitro groups is 1. The highest BCUT2D eigenvalue weighted by molar-refractivity contribution is 7.80. The van der Waals surface area contributed by atoms with Crippen molar-refractivity contribution in [1.29, 1.82) is 0 Å². The van der Waals surface area contributed by atoms with Crippen LogP contribution in [-0.4, -0.2) is 29.0 Å². The number of nitro benzene ring substituents is 1. The summed E-state index contributed by atoms with van der Waals surface area (Å²) in [6.45, 7) is 1.55. The van der Waals surface area contributed by atoms with E-state index in [1.165, 1.54) is 6.07 Å². The van der Waals surface area contributed by atoms with Crippen molar-refractivity contribution in [2.75, 3.05) is 23.3 Å². The third kappa shape index (κ3) is 4.53. The van der Waals surface area contributed by atoms with Gasteiger partial charge < -0.3 is 10.2 Å². The zero-order valence-corrected chi connectivity index (χ0v) is 15.8. The van der Waals surface area contributed by atoms with Crippen molar-refractivity contribution < 1.29 is 9.72 Å². The largest absolute Gasteiger partial charge is 0.366 e. The maximum Gasteiger partial charge on any atom is 0.293 e. The molecule has 140 valence electrons. The number of hydrogen-bond acceptors (Lipinski definition) is 5. The van der Waals surface area contributed by atoms with E-state index in [-0.39, 0.29) is 16.4 Å². The van der Waals surface area contributed by atoms with Gasteiger partial charge in [0.05, 0.1) is 15.6 Å². The van der Waals surface area contributed by atoms with Gasteiger partial charge in [0.15, 0.2) is 5.11 Å². The summed E-state index contributed by atoms with van der Waals surface area (Å²) in [4.78, 5) is 25.4. The Bertz CT molecular complexity index is 900. The van der Waals surface area contributed by atoms with Crippen molar-refractivity contribution in [3.8, 4) is 0 Å². The number of amides is 1. The molecule has 2 N–H and O–H groups in total. The van der Waals surface area contributed by atoms with Gasteiger partial charge in [0.1, 0.15) is 5.69 Å². The minimum absolute atomic E-state index is 0.0550. The van der Waals surface area contributed by atoms with E-state index in [0.717, 1.165) is 25.9 Å². The van der Waals surface area contributed by atoms with Crippen LogP contribution in [0, 0.1) is 10.1 Å². The monoisotopic (exact) mass is 404 g/mol. The molecule has 1 amide bonds. The van der Waals surface area contributed by atoms with Crippen LogP contribution in [0.5, 0.6) is 0 Å². The molecular formula is C18H17ClN4O3S. The molecule has 0 saturated carbocycles.